The summed E-state index contributed by atoms with van der Waals surface area (Å²) < 4.78 is 2.13. The van der Waals surface area contributed by atoms with Gasteiger partial charge in [0.1, 0.15) is 24.0 Å². The molecule has 4 heterocycles. The number of hydrogen-bond donors (Lipinski definition) is 2. The van der Waals surface area contributed by atoms with E-state index in [2.05, 4.69) is 76.4 Å². The topological polar surface area (TPSA) is 96.7 Å². The molecule has 9 nitrogen and oxygen atoms in total. The number of nitrogens with one attached hydrogen (secondary N) is 2. The minimum absolute atomic E-state index is 0.0712. The van der Waals surface area contributed by atoms with E-state index in [0.717, 1.165) is 54.6 Å². The van der Waals surface area contributed by atoms with Gasteiger partial charge in [0.05, 0.1) is 12.7 Å². The van der Waals surface area contributed by atoms with Crippen molar-refractivity contribution in [2.45, 2.75) is 45.4 Å². The van der Waals surface area contributed by atoms with E-state index >= 15 is 0 Å². The van der Waals surface area contributed by atoms with Crippen molar-refractivity contribution in [1.82, 2.24) is 29.7 Å². The molecular formula is C25H27N9. The predicted octanol–water partition coefficient (Wildman–Crippen LogP) is 3.35. The van der Waals surface area contributed by atoms with Crippen LogP contribution in [0.2, 0.25) is 0 Å². The van der Waals surface area contributed by atoms with Crippen LogP contribution in [-0.4, -0.2) is 42.3 Å². The van der Waals surface area contributed by atoms with Crippen LogP contribution in [0.5, 0.6) is 0 Å². The first-order valence-corrected chi connectivity index (χ1v) is 11.7. The lowest BCUT2D eigenvalue weighted by atomic mass is 10.2. The SMILES string of the molecule is CCN1c2ncnc(NC3Cc4cnn(Cc5ccccc5)c4C3)c2NC1c1cnc(C)nc1. The predicted molar refractivity (Wildman–Crippen MR) is 131 cm³/mol. The van der Waals surface area contributed by atoms with Crippen molar-refractivity contribution in [3.05, 3.63) is 83.5 Å². The number of nitrogens with zero attached hydrogens (tertiary/aromatic N) is 7. The van der Waals surface area contributed by atoms with Gasteiger partial charge in [-0.3, -0.25) is 4.68 Å². The van der Waals surface area contributed by atoms with Crippen LogP contribution in [0.4, 0.5) is 17.3 Å². The van der Waals surface area contributed by atoms with Crippen molar-refractivity contribution in [2.24, 2.45) is 0 Å². The summed E-state index contributed by atoms with van der Waals surface area (Å²) in [4.78, 5) is 20.2. The Balaban J connectivity index is 1.21. The summed E-state index contributed by atoms with van der Waals surface area (Å²) in [7, 11) is 0. The molecule has 2 unspecified atom stereocenters. The number of aryl methyl sites for hydroxylation is 1. The summed E-state index contributed by atoms with van der Waals surface area (Å²) in [5.41, 5.74) is 5.79. The smallest absolute Gasteiger partial charge is 0.159 e. The molecule has 0 fully saturated rings. The van der Waals surface area contributed by atoms with Gasteiger partial charge in [-0.1, -0.05) is 30.3 Å². The Morgan fingerprint density at radius 2 is 1.85 bits per heavy atom. The number of anilines is 3. The summed E-state index contributed by atoms with van der Waals surface area (Å²) >= 11 is 0. The van der Waals surface area contributed by atoms with E-state index in [9.17, 15) is 0 Å². The molecule has 0 spiro atoms. The van der Waals surface area contributed by atoms with Crippen LogP contribution in [0.15, 0.2) is 55.2 Å². The zero-order valence-electron chi connectivity index (χ0n) is 19.3. The molecule has 1 aliphatic heterocycles. The Hall–Kier alpha value is -4.01. The third-order valence-electron chi connectivity index (χ3n) is 6.61. The molecule has 2 N–H and O–H groups in total. The van der Waals surface area contributed by atoms with Crippen LogP contribution in [0.1, 0.15) is 41.3 Å². The fourth-order valence-corrected chi connectivity index (χ4v) is 4.93. The summed E-state index contributed by atoms with van der Waals surface area (Å²) in [6.45, 7) is 5.61. The fraction of sp³-hybridized carbons (Fsp3) is 0.320. The van der Waals surface area contributed by atoms with Gasteiger partial charge in [0.25, 0.3) is 0 Å². The molecule has 6 rings (SSSR count). The fourth-order valence-electron chi connectivity index (χ4n) is 4.93. The third-order valence-corrected chi connectivity index (χ3v) is 6.61. The van der Waals surface area contributed by atoms with Crippen LogP contribution >= 0.6 is 0 Å². The van der Waals surface area contributed by atoms with Gasteiger partial charge in [-0.25, -0.2) is 19.9 Å². The third kappa shape index (κ3) is 3.63. The molecule has 0 amide bonds. The Morgan fingerprint density at radius 1 is 1.03 bits per heavy atom. The van der Waals surface area contributed by atoms with Crippen LogP contribution < -0.4 is 15.5 Å². The largest absolute Gasteiger partial charge is 0.365 e. The van der Waals surface area contributed by atoms with E-state index in [1.165, 1.54) is 16.8 Å². The molecule has 3 aromatic heterocycles. The first-order chi connectivity index (χ1) is 16.7. The summed E-state index contributed by atoms with van der Waals surface area (Å²) in [6, 6.07) is 10.7. The van der Waals surface area contributed by atoms with Gasteiger partial charge >= 0.3 is 0 Å². The van der Waals surface area contributed by atoms with Crippen LogP contribution in [0.25, 0.3) is 0 Å². The molecule has 0 saturated carbocycles. The minimum Gasteiger partial charge on any atom is -0.365 e. The maximum absolute atomic E-state index is 4.64. The van der Waals surface area contributed by atoms with Gasteiger partial charge in [0, 0.05) is 42.7 Å². The first kappa shape index (κ1) is 20.6. The molecule has 0 radical (unpaired) electrons. The Kier molecular flexibility index (Phi) is 5.09. The van der Waals surface area contributed by atoms with E-state index in [4.69, 9.17) is 0 Å². The quantitative estimate of drug-likeness (QED) is 0.459. The average molecular weight is 454 g/mol. The van der Waals surface area contributed by atoms with Gasteiger partial charge in [-0.15, -0.1) is 0 Å². The highest BCUT2D eigenvalue weighted by atomic mass is 15.4. The highest BCUT2D eigenvalue weighted by Gasteiger charge is 2.34. The normalized spacial score (nSPS) is 18.5. The molecule has 2 atom stereocenters. The summed E-state index contributed by atoms with van der Waals surface area (Å²) in [5.74, 6) is 2.49. The van der Waals surface area contributed by atoms with Crippen molar-refractivity contribution in [2.75, 3.05) is 22.1 Å². The minimum atomic E-state index is -0.0712. The molecule has 2 aliphatic rings. The highest BCUT2D eigenvalue weighted by molar-refractivity contribution is 5.82. The molecule has 172 valence electrons. The first-order valence-electron chi connectivity index (χ1n) is 11.7. The van der Waals surface area contributed by atoms with E-state index in [1.807, 2.05) is 31.6 Å². The standard InChI is InChI=1S/C25H27N9/c1-3-33-24(19-11-26-16(2)27-12-19)32-22-23(28-15-29-25(22)33)31-20-9-18-13-30-34(21(18)10-20)14-17-7-5-4-6-8-17/h4-8,11-13,15,20,24,32H,3,9-10,14H2,1-2H3,(H,28,29,31). The molecule has 1 aromatic carbocycles. The number of benzene rings is 1. The molecule has 0 bridgehead atoms. The van der Waals surface area contributed by atoms with Crippen molar-refractivity contribution in [1.29, 1.82) is 0 Å². The lowest BCUT2D eigenvalue weighted by Gasteiger charge is -2.24. The molecule has 4 aromatic rings. The Labute approximate surface area is 198 Å². The van der Waals surface area contributed by atoms with Gasteiger partial charge < -0.3 is 15.5 Å². The Bertz CT molecular complexity index is 1300. The number of hydrogen-bond acceptors (Lipinski definition) is 8. The van der Waals surface area contributed by atoms with Gasteiger partial charge in [-0.2, -0.15) is 5.10 Å². The molecule has 1 aliphatic carbocycles. The maximum atomic E-state index is 4.64. The zero-order chi connectivity index (χ0) is 23.1. The van der Waals surface area contributed by atoms with E-state index in [0.29, 0.717) is 0 Å². The summed E-state index contributed by atoms with van der Waals surface area (Å²) in [5, 5.41) is 11.9. The summed E-state index contributed by atoms with van der Waals surface area (Å²) in [6.07, 6.45) is 9.16. The van der Waals surface area contributed by atoms with E-state index in [1.54, 1.807) is 6.33 Å². The lowest BCUT2D eigenvalue weighted by Crippen LogP contribution is -2.28. The number of fused-ring (bicyclic) bond motifs is 2. The van der Waals surface area contributed by atoms with E-state index in [-0.39, 0.29) is 12.2 Å². The number of aromatic nitrogens is 6. The second-order valence-electron chi connectivity index (χ2n) is 8.83. The zero-order valence-corrected chi connectivity index (χ0v) is 19.3. The molecule has 34 heavy (non-hydrogen) atoms. The van der Waals surface area contributed by atoms with Crippen molar-refractivity contribution in [3.8, 4) is 0 Å². The second kappa shape index (κ2) is 8.40. The van der Waals surface area contributed by atoms with Crippen molar-refractivity contribution >= 4 is 17.3 Å². The van der Waals surface area contributed by atoms with Crippen LogP contribution in [-0.2, 0) is 19.4 Å². The molecule has 9 heteroatoms. The van der Waals surface area contributed by atoms with E-state index < -0.39 is 0 Å². The molecule has 0 saturated heterocycles. The molecular weight excluding hydrogens is 426 g/mol. The number of rotatable bonds is 6. The maximum Gasteiger partial charge on any atom is 0.159 e. The van der Waals surface area contributed by atoms with Gasteiger partial charge in [0.15, 0.2) is 11.6 Å². The average Bonchev–Trinajstić information content (AvgIpc) is 3.54. The lowest BCUT2D eigenvalue weighted by molar-refractivity contribution is 0.630. The second-order valence-corrected chi connectivity index (χ2v) is 8.83. The van der Waals surface area contributed by atoms with Crippen molar-refractivity contribution < 1.29 is 0 Å². The van der Waals surface area contributed by atoms with Gasteiger partial charge in [0.2, 0.25) is 0 Å². The Morgan fingerprint density at radius 3 is 2.65 bits per heavy atom. The highest BCUT2D eigenvalue weighted by Crippen LogP contribution is 2.43. The van der Waals surface area contributed by atoms with Crippen LogP contribution in [0.3, 0.4) is 0 Å². The van der Waals surface area contributed by atoms with Crippen LogP contribution in [0, 0.1) is 6.92 Å². The monoisotopic (exact) mass is 453 g/mol. The van der Waals surface area contributed by atoms with Crippen molar-refractivity contribution in [3.63, 3.8) is 0 Å². The van der Waals surface area contributed by atoms with Gasteiger partial charge in [-0.05, 0) is 31.4 Å².